The zero-order chi connectivity index (χ0) is 19.5. The summed E-state index contributed by atoms with van der Waals surface area (Å²) in [6.07, 6.45) is 6.11. The van der Waals surface area contributed by atoms with Gasteiger partial charge in [0.15, 0.2) is 0 Å². The fraction of sp³-hybridized carbons (Fsp3) is 0.478. The van der Waals surface area contributed by atoms with E-state index < -0.39 is 0 Å². The van der Waals surface area contributed by atoms with Crippen molar-refractivity contribution >= 4 is 44.5 Å². The fourth-order valence-corrected chi connectivity index (χ4v) is 5.62. The fourth-order valence-electron chi connectivity index (χ4n) is 5.62. The van der Waals surface area contributed by atoms with E-state index in [1.807, 2.05) is 0 Å². The molecule has 2 aromatic rings. The Morgan fingerprint density at radius 1 is 0.846 bits per heavy atom. The Morgan fingerprint density at radius 2 is 1.38 bits per heavy atom. The number of hydrogen-bond acceptors (Lipinski definition) is 0. The van der Waals surface area contributed by atoms with Gasteiger partial charge in [-0.1, -0.05) is 37.6 Å². The lowest BCUT2D eigenvalue weighted by Gasteiger charge is -2.42. The van der Waals surface area contributed by atoms with Gasteiger partial charge in [0, 0.05) is 5.92 Å². The van der Waals surface area contributed by atoms with E-state index in [0.717, 1.165) is 7.17 Å². The average molecular weight is 340 g/mol. The number of fused-ring (bicyclic) bond motifs is 2. The molecule has 0 aromatic heterocycles. The zero-order valence-corrected chi connectivity index (χ0v) is 18.1. The second kappa shape index (κ2) is 6.56. The van der Waals surface area contributed by atoms with Crippen molar-refractivity contribution in [3.63, 3.8) is 0 Å². The number of rotatable bonds is 1. The van der Waals surface area contributed by atoms with Crippen LogP contribution in [-0.2, 0) is 0 Å². The molecule has 0 radical (unpaired) electrons. The van der Waals surface area contributed by atoms with Crippen molar-refractivity contribution in [1.82, 2.24) is 0 Å². The molecule has 26 heavy (non-hydrogen) atoms. The van der Waals surface area contributed by atoms with Crippen LogP contribution < -0.4 is 10.9 Å². The Labute approximate surface area is 162 Å². The minimum absolute atomic E-state index is 0.232. The number of hydrogen-bond donors (Lipinski definition) is 0. The number of aryl methyl sites for hydroxylation is 2. The summed E-state index contributed by atoms with van der Waals surface area (Å²) >= 11 is 0. The average Bonchev–Trinajstić information content (AvgIpc) is 2.62. The third kappa shape index (κ3) is 2.34. The topological polar surface area (TPSA) is 0 Å². The molecule has 3 heteroatoms. The summed E-state index contributed by atoms with van der Waals surface area (Å²) in [6, 6.07) is 0. The smallest absolute Gasteiger partial charge is 0.119 e. The molecule has 132 valence electrons. The molecular weight excluding hydrogens is 309 g/mol. The lowest BCUT2D eigenvalue weighted by atomic mass is 9.45. The Morgan fingerprint density at radius 3 is 1.88 bits per heavy atom. The van der Waals surface area contributed by atoms with E-state index in [-0.39, 0.29) is 5.92 Å². The van der Waals surface area contributed by atoms with E-state index >= 15 is 0 Å². The third-order valence-corrected chi connectivity index (χ3v) is 7.83. The molecule has 0 bridgehead atoms. The predicted molar refractivity (Wildman–Crippen MR) is 125 cm³/mol. The van der Waals surface area contributed by atoms with Crippen molar-refractivity contribution in [3.8, 4) is 12.3 Å². The van der Waals surface area contributed by atoms with Crippen molar-refractivity contribution in [2.24, 2.45) is 11.8 Å². The largest absolute Gasteiger partial charge is 0.140 e. The van der Waals surface area contributed by atoms with Crippen LogP contribution in [0.4, 0.5) is 0 Å². The monoisotopic (exact) mass is 340 g/mol. The Hall–Kier alpha value is -1.55. The van der Waals surface area contributed by atoms with E-state index in [1.54, 1.807) is 5.56 Å². The van der Waals surface area contributed by atoms with Gasteiger partial charge in [-0.15, -0.1) is 6.42 Å². The van der Waals surface area contributed by atoms with Crippen LogP contribution in [0.3, 0.4) is 0 Å². The minimum Gasteiger partial charge on any atom is -0.119 e. The molecule has 0 aliphatic heterocycles. The predicted octanol–water partition coefficient (Wildman–Crippen LogP) is 2.05. The van der Waals surface area contributed by atoms with Gasteiger partial charge in [0.05, 0.1) is 7.74 Å². The molecule has 0 heterocycles. The van der Waals surface area contributed by atoms with Crippen LogP contribution in [0.15, 0.2) is 0 Å². The van der Waals surface area contributed by atoms with Gasteiger partial charge in [0.25, 0.3) is 0 Å². The van der Waals surface area contributed by atoms with Crippen LogP contribution in [0.25, 0.3) is 10.8 Å². The second-order valence-corrected chi connectivity index (χ2v) is 8.69. The van der Waals surface area contributed by atoms with Crippen molar-refractivity contribution in [3.05, 3.63) is 33.4 Å². The van der Waals surface area contributed by atoms with E-state index in [1.165, 1.54) is 49.5 Å². The van der Waals surface area contributed by atoms with Gasteiger partial charge in [-0.25, -0.2) is 0 Å². The van der Waals surface area contributed by atoms with Gasteiger partial charge in [-0.05, 0) is 89.6 Å². The van der Waals surface area contributed by atoms with Gasteiger partial charge in [0.1, 0.15) is 15.0 Å². The molecule has 4 unspecified atom stereocenters. The standard InChI is InChI=1S/C23H31B3/c1-9-17-13(5)12(4)15(7)19-21(17)23(26-25)20-16(8)11(3)10(2)14(6)18(20)22(19)24/h1,12-13,15,17,26H,24-25H2,2-8H3. The molecule has 0 saturated heterocycles. The molecule has 0 amide bonds. The maximum absolute atomic E-state index is 6.11. The summed E-state index contributed by atoms with van der Waals surface area (Å²) in [5.41, 5.74) is 11.8. The number of terminal acetylenes is 1. The molecule has 3 rings (SSSR count). The van der Waals surface area contributed by atoms with Gasteiger partial charge < -0.3 is 0 Å². The van der Waals surface area contributed by atoms with Crippen LogP contribution in [0.1, 0.15) is 66.0 Å². The molecule has 1 aliphatic rings. The van der Waals surface area contributed by atoms with Crippen molar-refractivity contribution in [1.29, 1.82) is 0 Å². The van der Waals surface area contributed by atoms with Gasteiger partial charge in [-0.3, -0.25) is 0 Å². The SMILES string of the molecule is BBc1c2c(c(B)c3c(C)c(C)c(C)c(C)c13)C(C)C(C)C(C)C2C#C. The number of benzene rings is 2. The first kappa shape index (κ1) is 19.2. The van der Waals surface area contributed by atoms with Crippen molar-refractivity contribution < 1.29 is 0 Å². The molecule has 2 aromatic carbocycles. The van der Waals surface area contributed by atoms with E-state index in [2.05, 4.69) is 70.0 Å². The Bertz CT molecular complexity index is 949. The highest BCUT2D eigenvalue weighted by molar-refractivity contribution is 6.99. The summed E-state index contributed by atoms with van der Waals surface area (Å²) in [6.45, 7) is 16.3. The van der Waals surface area contributed by atoms with Crippen LogP contribution in [0.5, 0.6) is 0 Å². The van der Waals surface area contributed by atoms with Gasteiger partial charge in [-0.2, -0.15) is 0 Å². The summed E-state index contributed by atoms with van der Waals surface area (Å²) < 4.78 is 0. The van der Waals surface area contributed by atoms with Crippen molar-refractivity contribution in [2.75, 3.05) is 0 Å². The lowest BCUT2D eigenvalue weighted by Crippen LogP contribution is -2.40. The highest BCUT2D eigenvalue weighted by Gasteiger charge is 2.38. The molecule has 0 saturated carbocycles. The lowest BCUT2D eigenvalue weighted by molar-refractivity contribution is 0.296. The second-order valence-electron chi connectivity index (χ2n) is 8.69. The summed E-state index contributed by atoms with van der Waals surface area (Å²) in [4.78, 5) is 0. The third-order valence-electron chi connectivity index (χ3n) is 7.83. The first-order chi connectivity index (χ1) is 12.2. The van der Waals surface area contributed by atoms with Gasteiger partial charge in [0.2, 0.25) is 0 Å². The molecule has 0 nitrogen and oxygen atoms in total. The Balaban J connectivity index is 2.63. The summed E-state index contributed by atoms with van der Waals surface area (Å²) in [5, 5.41) is 2.98. The highest BCUT2D eigenvalue weighted by atomic mass is 14.4. The summed E-state index contributed by atoms with van der Waals surface area (Å²) in [7, 11) is 5.69. The first-order valence-corrected chi connectivity index (χ1v) is 10.2. The molecular formula is C23H31B3. The van der Waals surface area contributed by atoms with Crippen LogP contribution in [0, 0.1) is 51.9 Å². The van der Waals surface area contributed by atoms with Crippen molar-refractivity contribution in [2.45, 2.75) is 60.3 Å². The maximum Gasteiger partial charge on any atom is 0.140 e. The normalized spacial score (nSPS) is 25.0. The highest BCUT2D eigenvalue weighted by Crippen LogP contribution is 2.46. The zero-order valence-electron chi connectivity index (χ0n) is 18.1. The molecule has 4 atom stereocenters. The van der Waals surface area contributed by atoms with Crippen LogP contribution in [0.2, 0.25) is 0 Å². The Kier molecular flexibility index (Phi) is 4.85. The van der Waals surface area contributed by atoms with E-state index in [9.17, 15) is 0 Å². The minimum atomic E-state index is 0.232. The first-order valence-electron chi connectivity index (χ1n) is 10.2. The van der Waals surface area contributed by atoms with E-state index in [4.69, 9.17) is 6.42 Å². The molecule has 0 fully saturated rings. The molecule has 1 aliphatic carbocycles. The summed E-state index contributed by atoms with van der Waals surface area (Å²) in [5.74, 6) is 5.11. The maximum atomic E-state index is 6.11. The quantitative estimate of drug-likeness (QED) is 0.551. The van der Waals surface area contributed by atoms with Gasteiger partial charge >= 0.3 is 0 Å². The van der Waals surface area contributed by atoms with E-state index in [0.29, 0.717) is 17.8 Å². The molecule has 0 N–H and O–H groups in total. The molecule has 0 spiro atoms. The van der Waals surface area contributed by atoms with Crippen LogP contribution in [-0.4, -0.2) is 22.8 Å². The van der Waals surface area contributed by atoms with Crippen LogP contribution >= 0.6 is 0 Å².